The van der Waals surface area contributed by atoms with Crippen molar-refractivity contribution in [2.45, 2.75) is 71.8 Å². The van der Waals surface area contributed by atoms with Gasteiger partial charge < -0.3 is 21.1 Å². The molecule has 0 spiro atoms. The third-order valence-electron chi connectivity index (χ3n) is 4.55. The van der Waals surface area contributed by atoms with Gasteiger partial charge in [-0.05, 0) is 52.4 Å². The molecule has 1 aliphatic rings. The van der Waals surface area contributed by atoms with E-state index in [0.29, 0.717) is 0 Å². The SMILES string of the molecule is CCNC(=NCC1(CCO)CCCCC1)NCCNC(C)(C)C.I. The fourth-order valence-corrected chi connectivity index (χ4v) is 3.23. The van der Waals surface area contributed by atoms with Gasteiger partial charge in [0, 0.05) is 38.3 Å². The number of aliphatic hydroxyl groups is 1. The third-order valence-corrected chi connectivity index (χ3v) is 4.55. The number of nitrogens with one attached hydrogen (secondary N) is 3. The van der Waals surface area contributed by atoms with E-state index in [4.69, 9.17) is 4.99 Å². The van der Waals surface area contributed by atoms with Crippen LogP contribution in [0.3, 0.4) is 0 Å². The number of rotatable bonds is 8. The van der Waals surface area contributed by atoms with E-state index in [1.807, 2.05) is 0 Å². The minimum atomic E-state index is 0. The Bertz CT molecular complexity index is 344. The van der Waals surface area contributed by atoms with Crippen molar-refractivity contribution in [3.05, 3.63) is 0 Å². The minimum Gasteiger partial charge on any atom is -0.396 e. The van der Waals surface area contributed by atoms with Gasteiger partial charge in [-0.25, -0.2) is 0 Å². The molecular weight excluding hydrogens is 415 g/mol. The molecule has 5 nitrogen and oxygen atoms in total. The van der Waals surface area contributed by atoms with E-state index in [-0.39, 0.29) is 41.5 Å². The number of hydrogen-bond donors (Lipinski definition) is 4. The Balaban J connectivity index is 0.00000529. The Hall–Kier alpha value is -0.0800. The van der Waals surface area contributed by atoms with Gasteiger partial charge in [0.05, 0.1) is 0 Å². The van der Waals surface area contributed by atoms with E-state index in [0.717, 1.165) is 38.6 Å². The first kappa shape index (κ1) is 23.9. The molecule has 0 saturated heterocycles. The maximum absolute atomic E-state index is 9.41. The molecular formula is C18H39IN4O. The molecule has 0 atom stereocenters. The van der Waals surface area contributed by atoms with Crippen molar-refractivity contribution < 1.29 is 5.11 Å². The highest BCUT2D eigenvalue weighted by Crippen LogP contribution is 2.39. The summed E-state index contributed by atoms with van der Waals surface area (Å²) < 4.78 is 0. The highest BCUT2D eigenvalue weighted by atomic mass is 127. The molecule has 0 bridgehead atoms. The van der Waals surface area contributed by atoms with E-state index in [1.165, 1.54) is 32.1 Å². The fourth-order valence-electron chi connectivity index (χ4n) is 3.23. The van der Waals surface area contributed by atoms with Crippen LogP contribution in [0.15, 0.2) is 4.99 Å². The molecule has 144 valence electrons. The van der Waals surface area contributed by atoms with Crippen LogP contribution < -0.4 is 16.0 Å². The Morgan fingerprint density at radius 2 is 1.75 bits per heavy atom. The topological polar surface area (TPSA) is 68.7 Å². The zero-order valence-electron chi connectivity index (χ0n) is 16.1. The van der Waals surface area contributed by atoms with Crippen LogP contribution in [0, 0.1) is 5.41 Å². The van der Waals surface area contributed by atoms with Gasteiger partial charge in [0.2, 0.25) is 0 Å². The predicted octanol–water partition coefficient (Wildman–Crippen LogP) is 2.88. The van der Waals surface area contributed by atoms with E-state index in [2.05, 4.69) is 43.6 Å². The van der Waals surface area contributed by atoms with Crippen molar-refractivity contribution in [2.75, 3.05) is 32.8 Å². The molecule has 4 N–H and O–H groups in total. The van der Waals surface area contributed by atoms with Gasteiger partial charge >= 0.3 is 0 Å². The summed E-state index contributed by atoms with van der Waals surface area (Å²) in [5, 5.41) is 19.6. The molecule has 0 aromatic rings. The van der Waals surface area contributed by atoms with E-state index in [9.17, 15) is 5.11 Å². The zero-order chi connectivity index (χ0) is 17.2. The van der Waals surface area contributed by atoms with Crippen LogP contribution in [0.25, 0.3) is 0 Å². The zero-order valence-corrected chi connectivity index (χ0v) is 18.4. The molecule has 0 aliphatic heterocycles. The lowest BCUT2D eigenvalue weighted by Crippen LogP contribution is -2.45. The monoisotopic (exact) mass is 454 g/mol. The predicted molar refractivity (Wildman–Crippen MR) is 114 cm³/mol. The second kappa shape index (κ2) is 12.3. The largest absolute Gasteiger partial charge is 0.396 e. The first-order valence-corrected chi connectivity index (χ1v) is 9.29. The third kappa shape index (κ3) is 10.0. The number of guanidine groups is 1. The second-order valence-corrected chi connectivity index (χ2v) is 7.83. The van der Waals surface area contributed by atoms with Crippen LogP contribution in [0.2, 0.25) is 0 Å². The molecule has 0 aromatic carbocycles. The minimum absolute atomic E-state index is 0. The van der Waals surface area contributed by atoms with Gasteiger partial charge in [-0.2, -0.15) is 0 Å². The van der Waals surface area contributed by atoms with Gasteiger partial charge in [0.25, 0.3) is 0 Å². The quantitative estimate of drug-likeness (QED) is 0.197. The molecule has 0 unspecified atom stereocenters. The molecule has 0 aromatic heterocycles. The molecule has 0 radical (unpaired) electrons. The molecule has 0 heterocycles. The van der Waals surface area contributed by atoms with Crippen molar-refractivity contribution in [2.24, 2.45) is 10.4 Å². The molecule has 1 rings (SSSR count). The lowest BCUT2D eigenvalue weighted by Gasteiger charge is -2.35. The Labute approximate surface area is 165 Å². The van der Waals surface area contributed by atoms with Crippen molar-refractivity contribution in [1.82, 2.24) is 16.0 Å². The summed E-state index contributed by atoms with van der Waals surface area (Å²) in [6.45, 7) is 12.3. The smallest absolute Gasteiger partial charge is 0.191 e. The van der Waals surface area contributed by atoms with Crippen molar-refractivity contribution in [1.29, 1.82) is 0 Å². The Morgan fingerprint density at radius 1 is 1.08 bits per heavy atom. The summed E-state index contributed by atoms with van der Waals surface area (Å²) in [5.74, 6) is 0.895. The van der Waals surface area contributed by atoms with Crippen LogP contribution in [-0.2, 0) is 0 Å². The number of hydrogen-bond acceptors (Lipinski definition) is 3. The van der Waals surface area contributed by atoms with Gasteiger partial charge in [0.15, 0.2) is 5.96 Å². The summed E-state index contributed by atoms with van der Waals surface area (Å²) >= 11 is 0. The van der Waals surface area contributed by atoms with Crippen LogP contribution in [-0.4, -0.2) is 49.4 Å². The number of aliphatic hydroxyl groups excluding tert-OH is 1. The second-order valence-electron chi connectivity index (χ2n) is 7.83. The standard InChI is InChI=1S/C18H38N4O.HI/c1-5-19-16(20-12-13-22-17(2,3)4)21-15-18(11-14-23)9-7-6-8-10-18;/h22-23H,5-15H2,1-4H3,(H2,19,20,21);1H. The summed E-state index contributed by atoms with van der Waals surface area (Å²) in [6, 6.07) is 0. The van der Waals surface area contributed by atoms with Crippen LogP contribution >= 0.6 is 24.0 Å². The number of aliphatic imine (C=N–C) groups is 1. The summed E-state index contributed by atoms with van der Waals surface area (Å²) in [5.41, 5.74) is 0.351. The average molecular weight is 454 g/mol. The van der Waals surface area contributed by atoms with E-state index in [1.54, 1.807) is 0 Å². The maximum atomic E-state index is 9.41. The van der Waals surface area contributed by atoms with E-state index < -0.39 is 0 Å². The maximum Gasteiger partial charge on any atom is 0.191 e. The van der Waals surface area contributed by atoms with E-state index >= 15 is 0 Å². The molecule has 24 heavy (non-hydrogen) atoms. The van der Waals surface area contributed by atoms with Gasteiger partial charge in [-0.15, -0.1) is 24.0 Å². The lowest BCUT2D eigenvalue weighted by atomic mass is 9.72. The summed E-state index contributed by atoms with van der Waals surface area (Å²) in [7, 11) is 0. The summed E-state index contributed by atoms with van der Waals surface area (Å²) in [6.07, 6.45) is 7.14. The van der Waals surface area contributed by atoms with Gasteiger partial charge in [0.1, 0.15) is 0 Å². The number of halogens is 1. The first-order valence-electron chi connectivity index (χ1n) is 9.29. The molecule has 1 fully saturated rings. The first-order chi connectivity index (χ1) is 10.9. The van der Waals surface area contributed by atoms with Gasteiger partial charge in [-0.3, -0.25) is 4.99 Å². The molecule has 1 aliphatic carbocycles. The molecule has 1 saturated carbocycles. The highest BCUT2D eigenvalue weighted by molar-refractivity contribution is 14.0. The van der Waals surface area contributed by atoms with Crippen LogP contribution in [0.4, 0.5) is 0 Å². The van der Waals surface area contributed by atoms with Crippen molar-refractivity contribution in [3.8, 4) is 0 Å². The highest BCUT2D eigenvalue weighted by Gasteiger charge is 2.31. The molecule has 0 amide bonds. The average Bonchev–Trinajstić information content (AvgIpc) is 2.49. The Kier molecular flexibility index (Phi) is 12.3. The normalized spacial score (nSPS) is 18.0. The van der Waals surface area contributed by atoms with Crippen molar-refractivity contribution >= 4 is 29.9 Å². The van der Waals surface area contributed by atoms with Crippen LogP contribution in [0.1, 0.15) is 66.2 Å². The Morgan fingerprint density at radius 3 is 2.29 bits per heavy atom. The number of nitrogens with zero attached hydrogens (tertiary/aromatic N) is 1. The summed E-state index contributed by atoms with van der Waals surface area (Å²) in [4.78, 5) is 4.82. The van der Waals surface area contributed by atoms with Crippen molar-refractivity contribution in [3.63, 3.8) is 0 Å². The lowest BCUT2D eigenvalue weighted by molar-refractivity contribution is 0.137. The van der Waals surface area contributed by atoms with Crippen LogP contribution in [0.5, 0.6) is 0 Å². The molecule has 6 heteroatoms. The fraction of sp³-hybridized carbons (Fsp3) is 0.944. The van der Waals surface area contributed by atoms with Gasteiger partial charge in [-0.1, -0.05) is 19.3 Å².